The van der Waals surface area contributed by atoms with Gasteiger partial charge in [-0.3, -0.25) is 4.99 Å². The number of hydrogen-bond donors (Lipinski definition) is 0. The fourth-order valence-corrected chi connectivity index (χ4v) is 3.44. The second-order valence-electron chi connectivity index (χ2n) is 4.11. The Labute approximate surface area is 101 Å². The van der Waals surface area contributed by atoms with Gasteiger partial charge in [-0.25, -0.2) is 8.42 Å². The lowest BCUT2D eigenvalue weighted by Crippen LogP contribution is -2.07. The topological polar surface area (TPSA) is 55.7 Å². The molecule has 0 amide bonds. The molecule has 5 heteroatoms. The van der Waals surface area contributed by atoms with E-state index in [1.165, 1.54) is 0 Å². The van der Waals surface area contributed by atoms with Gasteiger partial charge in [-0.2, -0.15) is 0 Å². The largest absolute Gasteiger partial charge is 0.497 e. The van der Waals surface area contributed by atoms with Crippen molar-refractivity contribution in [1.29, 1.82) is 0 Å². The number of methoxy groups -OCH3 is 1. The van der Waals surface area contributed by atoms with E-state index in [-0.39, 0.29) is 17.5 Å². The minimum Gasteiger partial charge on any atom is -0.497 e. The van der Waals surface area contributed by atoms with Crippen LogP contribution in [0, 0.1) is 0 Å². The average molecular weight is 253 g/mol. The van der Waals surface area contributed by atoms with Crippen molar-refractivity contribution in [2.24, 2.45) is 4.99 Å². The lowest BCUT2D eigenvalue weighted by Gasteiger charge is -2.01. The Morgan fingerprint density at radius 3 is 2.94 bits per heavy atom. The van der Waals surface area contributed by atoms with Crippen molar-refractivity contribution in [2.75, 3.05) is 18.6 Å². The van der Waals surface area contributed by atoms with Crippen LogP contribution in [0.1, 0.15) is 12.0 Å². The Morgan fingerprint density at radius 2 is 2.29 bits per heavy atom. The third-order valence-electron chi connectivity index (χ3n) is 2.74. The summed E-state index contributed by atoms with van der Waals surface area (Å²) < 4.78 is 27.6. The average Bonchev–Trinajstić information content (AvgIpc) is 2.67. The highest BCUT2D eigenvalue weighted by Gasteiger charge is 2.26. The quantitative estimate of drug-likeness (QED) is 0.763. The van der Waals surface area contributed by atoms with Crippen LogP contribution in [-0.4, -0.2) is 39.3 Å². The van der Waals surface area contributed by atoms with E-state index in [1.54, 1.807) is 13.3 Å². The number of ether oxygens (including phenoxy) is 1. The summed E-state index contributed by atoms with van der Waals surface area (Å²) in [6.07, 6.45) is 2.34. The Hall–Kier alpha value is -1.36. The third kappa shape index (κ3) is 3.30. The highest BCUT2D eigenvalue weighted by molar-refractivity contribution is 7.91. The fourth-order valence-electron chi connectivity index (χ4n) is 1.81. The van der Waals surface area contributed by atoms with Crippen LogP contribution in [0.25, 0.3) is 0 Å². The van der Waals surface area contributed by atoms with Crippen LogP contribution in [0.15, 0.2) is 29.3 Å². The summed E-state index contributed by atoms with van der Waals surface area (Å²) in [6, 6.07) is 7.43. The standard InChI is InChI=1S/C12H15NO3S/c1-16-12-4-2-3-10(7-12)8-13-11-5-6-17(14,15)9-11/h2-4,7-8,11H,5-6,9H2,1H3/t11-/m1/s1. The molecule has 1 aromatic carbocycles. The SMILES string of the molecule is COc1cccc(C=N[C@@H]2CCS(=O)(=O)C2)c1. The molecule has 1 fully saturated rings. The van der Waals surface area contributed by atoms with Crippen LogP contribution in [0.5, 0.6) is 5.75 Å². The number of benzene rings is 1. The number of sulfone groups is 1. The van der Waals surface area contributed by atoms with Crippen LogP contribution >= 0.6 is 0 Å². The van der Waals surface area contributed by atoms with Crippen molar-refractivity contribution in [3.63, 3.8) is 0 Å². The summed E-state index contributed by atoms with van der Waals surface area (Å²) >= 11 is 0. The molecule has 0 bridgehead atoms. The Morgan fingerprint density at radius 1 is 1.47 bits per heavy atom. The maximum absolute atomic E-state index is 11.3. The Balaban J connectivity index is 2.05. The lowest BCUT2D eigenvalue weighted by molar-refractivity contribution is 0.414. The summed E-state index contributed by atoms with van der Waals surface area (Å²) in [5, 5.41) is 0. The Bertz CT molecular complexity index is 522. The monoisotopic (exact) mass is 253 g/mol. The van der Waals surface area contributed by atoms with Crippen LogP contribution in [-0.2, 0) is 9.84 Å². The first kappa shape index (κ1) is 12.1. The minimum absolute atomic E-state index is 0.0915. The van der Waals surface area contributed by atoms with Gasteiger partial charge in [-0.05, 0) is 24.1 Å². The van der Waals surface area contributed by atoms with E-state index in [2.05, 4.69) is 4.99 Å². The van der Waals surface area contributed by atoms with Crippen LogP contribution < -0.4 is 4.74 Å². The van der Waals surface area contributed by atoms with Gasteiger partial charge in [-0.1, -0.05) is 12.1 Å². The molecule has 2 rings (SSSR count). The highest BCUT2D eigenvalue weighted by atomic mass is 32.2. The zero-order chi connectivity index (χ0) is 12.3. The van der Waals surface area contributed by atoms with Crippen LogP contribution in [0.4, 0.5) is 0 Å². The molecule has 1 aliphatic rings. The number of aliphatic imine (C=N–C) groups is 1. The first-order valence-corrected chi connectivity index (χ1v) is 7.29. The van der Waals surface area contributed by atoms with E-state index >= 15 is 0 Å². The molecular formula is C12H15NO3S. The molecule has 4 nitrogen and oxygen atoms in total. The Kier molecular flexibility index (Phi) is 3.47. The van der Waals surface area contributed by atoms with Crippen molar-refractivity contribution in [3.05, 3.63) is 29.8 Å². The zero-order valence-corrected chi connectivity index (χ0v) is 10.5. The van der Waals surface area contributed by atoms with Crippen molar-refractivity contribution >= 4 is 16.1 Å². The molecule has 0 N–H and O–H groups in total. The molecule has 17 heavy (non-hydrogen) atoms. The molecule has 1 heterocycles. The van der Waals surface area contributed by atoms with Gasteiger partial charge in [0.2, 0.25) is 0 Å². The second kappa shape index (κ2) is 4.87. The smallest absolute Gasteiger partial charge is 0.152 e. The van der Waals surface area contributed by atoms with Gasteiger partial charge < -0.3 is 4.74 Å². The molecule has 0 saturated carbocycles. The van der Waals surface area contributed by atoms with Gasteiger partial charge in [0.1, 0.15) is 5.75 Å². The predicted molar refractivity (Wildman–Crippen MR) is 67.6 cm³/mol. The number of hydrogen-bond acceptors (Lipinski definition) is 4. The summed E-state index contributed by atoms with van der Waals surface area (Å²) in [6.45, 7) is 0. The summed E-state index contributed by atoms with van der Waals surface area (Å²) in [7, 11) is -1.24. The summed E-state index contributed by atoms with van der Waals surface area (Å²) in [5.74, 6) is 1.20. The van der Waals surface area contributed by atoms with Gasteiger partial charge in [0, 0.05) is 6.21 Å². The molecule has 0 radical (unpaired) electrons. The van der Waals surface area contributed by atoms with Gasteiger partial charge in [-0.15, -0.1) is 0 Å². The molecule has 1 atom stereocenters. The fraction of sp³-hybridized carbons (Fsp3) is 0.417. The van der Waals surface area contributed by atoms with E-state index in [1.807, 2.05) is 24.3 Å². The number of nitrogens with zero attached hydrogens (tertiary/aromatic N) is 1. The van der Waals surface area contributed by atoms with Crippen molar-refractivity contribution in [1.82, 2.24) is 0 Å². The maximum Gasteiger partial charge on any atom is 0.152 e. The van der Waals surface area contributed by atoms with E-state index in [0.717, 1.165) is 11.3 Å². The summed E-state index contributed by atoms with van der Waals surface area (Å²) in [4.78, 5) is 4.30. The van der Waals surface area contributed by atoms with Crippen LogP contribution in [0.3, 0.4) is 0 Å². The van der Waals surface area contributed by atoms with Gasteiger partial charge >= 0.3 is 0 Å². The molecular weight excluding hydrogens is 238 g/mol. The van der Waals surface area contributed by atoms with E-state index < -0.39 is 9.84 Å². The van der Waals surface area contributed by atoms with E-state index in [9.17, 15) is 8.42 Å². The molecule has 0 spiro atoms. The van der Waals surface area contributed by atoms with Crippen molar-refractivity contribution in [3.8, 4) is 5.75 Å². The molecule has 0 aliphatic carbocycles. The number of rotatable bonds is 3. The van der Waals surface area contributed by atoms with E-state index in [4.69, 9.17) is 4.74 Å². The summed E-state index contributed by atoms with van der Waals surface area (Å²) in [5.41, 5.74) is 0.925. The molecule has 1 saturated heterocycles. The highest BCUT2D eigenvalue weighted by Crippen LogP contribution is 2.15. The third-order valence-corrected chi connectivity index (χ3v) is 4.49. The van der Waals surface area contributed by atoms with Gasteiger partial charge in [0.25, 0.3) is 0 Å². The molecule has 0 unspecified atom stereocenters. The lowest BCUT2D eigenvalue weighted by atomic mass is 10.2. The van der Waals surface area contributed by atoms with Gasteiger partial charge in [0.05, 0.1) is 24.7 Å². The normalized spacial score (nSPS) is 23.0. The molecule has 0 aromatic heterocycles. The van der Waals surface area contributed by atoms with Crippen LogP contribution in [0.2, 0.25) is 0 Å². The first-order valence-electron chi connectivity index (χ1n) is 5.47. The molecule has 1 aromatic rings. The first-order chi connectivity index (χ1) is 8.09. The molecule has 1 aliphatic heterocycles. The maximum atomic E-state index is 11.3. The van der Waals surface area contributed by atoms with Crippen molar-refractivity contribution < 1.29 is 13.2 Å². The predicted octanol–water partition coefficient (Wildman–Crippen LogP) is 1.30. The second-order valence-corrected chi connectivity index (χ2v) is 6.34. The zero-order valence-electron chi connectivity index (χ0n) is 9.67. The van der Waals surface area contributed by atoms with Gasteiger partial charge in [0.15, 0.2) is 9.84 Å². The minimum atomic E-state index is -2.85. The molecule has 92 valence electrons. The van der Waals surface area contributed by atoms with E-state index in [0.29, 0.717) is 6.42 Å². The van der Waals surface area contributed by atoms with Crippen molar-refractivity contribution in [2.45, 2.75) is 12.5 Å².